The Morgan fingerprint density at radius 1 is 1.07 bits per heavy atom. The van der Waals surface area contributed by atoms with Crippen LogP contribution in [0.4, 0.5) is 17.6 Å². The van der Waals surface area contributed by atoms with Crippen LogP contribution in [0, 0.1) is 5.82 Å². The van der Waals surface area contributed by atoms with Crippen molar-refractivity contribution in [1.82, 2.24) is 9.47 Å². The molecule has 5 rings (SSSR count). The van der Waals surface area contributed by atoms with Gasteiger partial charge in [0.25, 0.3) is 0 Å². The van der Waals surface area contributed by atoms with Crippen LogP contribution in [0.15, 0.2) is 72.8 Å². The number of aliphatic carboxylic acids is 1. The average molecular weight is 611 g/mol. The molecule has 1 N–H and O–H groups in total. The summed E-state index contributed by atoms with van der Waals surface area (Å²) in [5.41, 5.74) is 2.57. The maximum Gasteiger partial charge on any atom is 0.416 e. The SMILES string of the molecule is CCC(C(=O)O)n1c2c(c3cc(F)ccc31)CC(N(CCOc1ccc(C(F)(F)F)cc1)C(=O)CCc1ccccc1)CC2. The van der Waals surface area contributed by atoms with Crippen molar-refractivity contribution in [3.05, 3.63) is 101 Å². The van der Waals surface area contributed by atoms with Crippen molar-refractivity contribution >= 4 is 22.8 Å². The molecule has 1 amide bonds. The van der Waals surface area contributed by atoms with E-state index in [4.69, 9.17) is 4.74 Å². The number of nitrogens with zero attached hydrogens (tertiary/aromatic N) is 2. The van der Waals surface area contributed by atoms with E-state index in [1.165, 1.54) is 24.3 Å². The number of carbonyl (C=O) groups excluding carboxylic acids is 1. The highest BCUT2D eigenvalue weighted by molar-refractivity contribution is 5.88. The third kappa shape index (κ3) is 6.74. The molecule has 3 aromatic carbocycles. The number of ether oxygens (including phenoxy) is 1. The molecule has 232 valence electrons. The number of hydrogen-bond donors (Lipinski definition) is 1. The Hall–Kier alpha value is -4.34. The zero-order valence-electron chi connectivity index (χ0n) is 24.3. The van der Waals surface area contributed by atoms with Crippen LogP contribution >= 0.6 is 0 Å². The number of carboxylic acid groups (broad SMARTS) is 1. The Balaban J connectivity index is 1.40. The molecule has 0 bridgehead atoms. The van der Waals surface area contributed by atoms with Crippen LogP contribution < -0.4 is 4.74 Å². The maximum absolute atomic E-state index is 14.5. The van der Waals surface area contributed by atoms with Crippen molar-refractivity contribution in [2.75, 3.05) is 13.2 Å². The van der Waals surface area contributed by atoms with E-state index >= 15 is 0 Å². The van der Waals surface area contributed by atoms with E-state index in [0.717, 1.165) is 29.0 Å². The molecule has 1 aromatic heterocycles. The van der Waals surface area contributed by atoms with Crippen molar-refractivity contribution in [2.24, 2.45) is 0 Å². The molecule has 0 fully saturated rings. The molecule has 1 aliphatic carbocycles. The highest BCUT2D eigenvalue weighted by Gasteiger charge is 2.34. The summed E-state index contributed by atoms with van der Waals surface area (Å²) in [6, 6.07) is 17.4. The summed E-state index contributed by atoms with van der Waals surface area (Å²) in [6.07, 6.45) is -1.82. The molecule has 4 aromatic rings. The minimum absolute atomic E-state index is 0.0686. The number of amides is 1. The summed E-state index contributed by atoms with van der Waals surface area (Å²) < 4.78 is 60.9. The number of alkyl halides is 3. The van der Waals surface area contributed by atoms with Gasteiger partial charge in [0.2, 0.25) is 5.91 Å². The Bertz CT molecular complexity index is 1620. The summed E-state index contributed by atoms with van der Waals surface area (Å²) >= 11 is 0. The fraction of sp³-hybridized carbons (Fsp3) is 0.353. The predicted molar refractivity (Wildman–Crippen MR) is 158 cm³/mol. The summed E-state index contributed by atoms with van der Waals surface area (Å²) in [5, 5.41) is 10.6. The first-order valence-corrected chi connectivity index (χ1v) is 14.7. The van der Waals surface area contributed by atoms with Crippen LogP contribution in [0.1, 0.15) is 54.6 Å². The molecular formula is C34H34F4N2O4. The molecule has 0 saturated carbocycles. The van der Waals surface area contributed by atoms with Gasteiger partial charge in [-0.2, -0.15) is 13.2 Å². The molecular weight excluding hydrogens is 576 g/mol. The first-order chi connectivity index (χ1) is 21.1. The van der Waals surface area contributed by atoms with E-state index < -0.39 is 29.6 Å². The third-order valence-corrected chi connectivity index (χ3v) is 8.33. The van der Waals surface area contributed by atoms with E-state index in [1.54, 1.807) is 22.5 Å². The van der Waals surface area contributed by atoms with Gasteiger partial charge in [-0.05, 0) is 85.7 Å². The van der Waals surface area contributed by atoms with Crippen molar-refractivity contribution in [3.63, 3.8) is 0 Å². The van der Waals surface area contributed by atoms with Gasteiger partial charge in [0.1, 0.15) is 24.2 Å². The van der Waals surface area contributed by atoms with Gasteiger partial charge in [-0.15, -0.1) is 0 Å². The molecule has 44 heavy (non-hydrogen) atoms. The predicted octanol–water partition coefficient (Wildman–Crippen LogP) is 7.23. The lowest BCUT2D eigenvalue weighted by molar-refractivity contribution is -0.141. The molecule has 0 aliphatic heterocycles. The van der Waals surface area contributed by atoms with Crippen molar-refractivity contribution < 1.29 is 37.0 Å². The van der Waals surface area contributed by atoms with Gasteiger partial charge in [-0.1, -0.05) is 37.3 Å². The summed E-state index contributed by atoms with van der Waals surface area (Å²) in [5.74, 6) is -1.22. The molecule has 2 unspecified atom stereocenters. The molecule has 0 spiro atoms. The fourth-order valence-electron chi connectivity index (χ4n) is 6.19. The number of aromatic nitrogens is 1. The van der Waals surface area contributed by atoms with Gasteiger partial charge in [0, 0.05) is 29.1 Å². The normalized spacial score (nSPS) is 15.5. The lowest BCUT2D eigenvalue weighted by Crippen LogP contribution is -2.45. The largest absolute Gasteiger partial charge is 0.492 e. The number of benzene rings is 3. The van der Waals surface area contributed by atoms with Crippen LogP contribution in [0.2, 0.25) is 0 Å². The molecule has 6 nitrogen and oxygen atoms in total. The standard InChI is InChI=1S/C34H34F4N2O4/c1-2-29(33(42)43)40-30-15-11-24(35)20-27(30)28-21-25(12-16-31(28)40)39(32(41)17-8-22-6-4-3-5-7-22)18-19-44-26-13-9-23(10-14-26)34(36,37)38/h3-7,9-11,13-15,20,25,29H,2,8,12,16-19,21H2,1H3,(H,42,43). The van der Waals surface area contributed by atoms with Gasteiger partial charge in [-0.3, -0.25) is 4.79 Å². The zero-order chi connectivity index (χ0) is 31.4. The minimum Gasteiger partial charge on any atom is -0.492 e. The van der Waals surface area contributed by atoms with Gasteiger partial charge in [0.15, 0.2) is 0 Å². The second-order valence-corrected chi connectivity index (χ2v) is 11.1. The first-order valence-electron chi connectivity index (χ1n) is 14.7. The Labute approximate surface area is 252 Å². The van der Waals surface area contributed by atoms with Crippen LogP contribution in [0.5, 0.6) is 5.75 Å². The highest BCUT2D eigenvalue weighted by atomic mass is 19.4. The van der Waals surface area contributed by atoms with Crippen LogP contribution in [-0.2, 0) is 35.0 Å². The Morgan fingerprint density at radius 2 is 1.80 bits per heavy atom. The fourth-order valence-corrected chi connectivity index (χ4v) is 6.19. The molecule has 2 atom stereocenters. The van der Waals surface area contributed by atoms with Crippen LogP contribution in [-0.4, -0.2) is 45.6 Å². The lowest BCUT2D eigenvalue weighted by atomic mass is 9.89. The van der Waals surface area contributed by atoms with Gasteiger partial charge >= 0.3 is 12.1 Å². The van der Waals surface area contributed by atoms with Gasteiger partial charge < -0.3 is 19.3 Å². The number of fused-ring (bicyclic) bond motifs is 3. The van der Waals surface area contributed by atoms with Crippen LogP contribution in [0.3, 0.4) is 0 Å². The quantitative estimate of drug-likeness (QED) is 0.182. The van der Waals surface area contributed by atoms with E-state index in [2.05, 4.69) is 0 Å². The number of carboxylic acids is 1. The zero-order valence-corrected chi connectivity index (χ0v) is 24.3. The number of rotatable bonds is 11. The topological polar surface area (TPSA) is 71.8 Å². The average Bonchev–Trinajstić information content (AvgIpc) is 3.31. The van der Waals surface area contributed by atoms with Crippen molar-refractivity contribution in [1.29, 1.82) is 0 Å². The lowest BCUT2D eigenvalue weighted by Gasteiger charge is -2.35. The van der Waals surface area contributed by atoms with Gasteiger partial charge in [-0.25, -0.2) is 9.18 Å². The number of carbonyl (C=O) groups is 2. The first kappa shape index (κ1) is 31.1. The van der Waals surface area contributed by atoms with E-state index in [1.807, 2.05) is 30.3 Å². The van der Waals surface area contributed by atoms with Crippen LogP contribution in [0.25, 0.3) is 10.9 Å². The van der Waals surface area contributed by atoms with E-state index in [9.17, 15) is 32.3 Å². The van der Waals surface area contributed by atoms with E-state index in [0.29, 0.717) is 43.0 Å². The Kier molecular flexibility index (Phi) is 9.27. The van der Waals surface area contributed by atoms with E-state index in [-0.39, 0.29) is 37.3 Å². The molecule has 1 heterocycles. The molecule has 10 heteroatoms. The molecule has 1 aliphatic rings. The second-order valence-electron chi connectivity index (χ2n) is 11.1. The van der Waals surface area contributed by atoms with Gasteiger partial charge in [0.05, 0.1) is 12.1 Å². The number of hydrogen-bond acceptors (Lipinski definition) is 3. The van der Waals surface area contributed by atoms with Crippen molar-refractivity contribution in [2.45, 2.75) is 63.7 Å². The Morgan fingerprint density at radius 3 is 2.45 bits per heavy atom. The highest BCUT2D eigenvalue weighted by Crippen LogP contribution is 2.37. The molecule has 0 saturated heterocycles. The summed E-state index contributed by atoms with van der Waals surface area (Å²) in [6.45, 7) is 2.07. The van der Waals surface area contributed by atoms with Crippen molar-refractivity contribution in [3.8, 4) is 5.75 Å². The second kappa shape index (κ2) is 13.1. The minimum atomic E-state index is -4.45. The smallest absolute Gasteiger partial charge is 0.416 e. The summed E-state index contributed by atoms with van der Waals surface area (Å²) in [7, 11) is 0. The monoisotopic (exact) mass is 610 g/mol. The third-order valence-electron chi connectivity index (χ3n) is 8.33. The number of halogens is 4. The molecule has 0 radical (unpaired) electrons. The summed E-state index contributed by atoms with van der Waals surface area (Å²) in [4.78, 5) is 27.6. The number of aryl methyl sites for hydroxylation is 1. The maximum atomic E-state index is 14.5.